The fourth-order valence-corrected chi connectivity index (χ4v) is 1.76. The summed E-state index contributed by atoms with van der Waals surface area (Å²) in [4.78, 5) is 0. The summed E-state index contributed by atoms with van der Waals surface area (Å²) in [5, 5.41) is 8.01. The molecule has 19 heavy (non-hydrogen) atoms. The van der Waals surface area contributed by atoms with Crippen molar-refractivity contribution in [2.75, 3.05) is 5.73 Å². The van der Waals surface area contributed by atoms with Crippen LogP contribution in [0.3, 0.4) is 0 Å². The number of anilines is 1. The third-order valence-electron chi connectivity index (χ3n) is 2.66. The minimum absolute atomic E-state index is 0.189. The Labute approximate surface area is 108 Å². The van der Waals surface area contributed by atoms with Gasteiger partial charge in [-0.25, -0.2) is 4.39 Å². The van der Waals surface area contributed by atoms with Gasteiger partial charge in [-0.1, -0.05) is 6.07 Å². The van der Waals surface area contributed by atoms with Crippen LogP contribution in [-0.4, -0.2) is 14.6 Å². The molecule has 0 saturated carbocycles. The van der Waals surface area contributed by atoms with Gasteiger partial charge in [-0.3, -0.25) is 4.40 Å². The fraction of sp³-hybridized carbons (Fsp3) is 0.0769. The maximum atomic E-state index is 13.0. The molecule has 0 aliphatic heterocycles. The summed E-state index contributed by atoms with van der Waals surface area (Å²) in [6.07, 6.45) is 1.72. The Morgan fingerprint density at radius 3 is 2.95 bits per heavy atom. The van der Waals surface area contributed by atoms with Gasteiger partial charge >= 0.3 is 0 Å². The van der Waals surface area contributed by atoms with E-state index in [4.69, 9.17) is 10.5 Å². The van der Waals surface area contributed by atoms with Crippen LogP contribution < -0.4 is 10.5 Å². The molecule has 96 valence electrons. The topological polar surface area (TPSA) is 65.4 Å². The number of nitrogens with zero attached hydrogens (tertiary/aromatic N) is 3. The second-order valence-electron chi connectivity index (χ2n) is 4.05. The van der Waals surface area contributed by atoms with E-state index in [0.717, 1.165) is 0 Å². The molecule has 2 aromatic heterocycles. The maximum absolute atomic E-state index is 13.0. The molecule has 0 aliphatic carbocycles. The monoisotopic (exact) mass is 258 g/mol. The van der Waals surface area contributed by atoms with Crippen molar-refractivity contribution in [2.24, 2.45) is 0 Å². The molecule has 0 amide bonds. The van der Waals surface area contributed by atoms with Gasteiger partial charge < -0.3 is 10.5 Å². The number of benzene rings is 1. The maximum Gasteiger partial charge on any atom is 0.175 e. The number of pyridine rings is 1. The lowest BCUT2D eigenvalue weighted by Crippen LogP contribution is -2.02. The molecule has 1 aromatic carbocycles. The van der Waals surface area contributed by atoms with Gasteiger partial charge in [0.25, 0.3) is 0 Å². The zero-order valence-electron chi connectivity index (χ0n) is 9.95. The first kappa shape index (κ1) is 11.5. The Kier molecular flexibility index (Phi) is 2.75. The van der Waals surface area contributed by atoms with E-state index in [1.807, 2.05) is 0 Å². The third-order valence-corrected chi connectivity index (χ3v) is 2.66. The van der Waals surface area contributed by atoms with Gasteiger partial charge in [-0.2, -0.15) is 0 Å². The van der Waals surface area contributed by atoms with Gasteiger partial charge in [0, 0.05) is 18.0 Å². The van der Waals surface area contributed by atoms with Gasteiger partial charge in [0.05, 0.1) is 0 Å². The minimum atomic E-state index is -0.340. The summed E-state index contributed by atoms with van der Waals surface area (Å²) >= 11 is 0. The predicted octanol–water partition coefficient (Wildman–Crippen LogP) is 2.03. The van der Waals surface area contributed by atoms with E-state index in [-0.39, 0.29) is 12.4 Å². The number of ether oxygens (including phenoxy) is 1. The average Bonchev–Trinajstić information content (AvgIpc) is 2.79. The second kappa shape index (κ2) is 4.56. The van der Waals surface area contributed by atoms with Crippen LogP contribution in [0, 0.1) is 5.82 Å². The molecule has 2 N–H and O–H groups in total. The predicted molar refractivity (Wildman–Crippen MR) is 68.1 cm³/mol. The van der Waals surface area contributed by atoms with Gasteiger partial charge in [0.2, 0.25) is 0 Å². The molecule has 5 nitrogen and oxygen atoms in total. The van der Waals surface area contributed by atoms with Crippen LogP contribution in [0.2, 0.25) is 0 Å². The van der Waals surface area contributed by atoms with Crippen LogP contribution in [0.1, 0.15) is 5.82 Å². The zero-order chi connectivity index (χ0) is 13.2. The number of fused-ring (bicyclic) bond motifs is 1. The van der Waals surface area contributed by atoms with Gasteiger partial charge in [-0.15, -0.1) is 10.2 Å². The molecule has 0 aliphatic rings. The highest BCUT2D eigenvalue weighted by Crippen LogP contribution is 2.14. The lowest BCUT2D eigenvalue weighted by Gasteiger charge is -2.05. The molecule has 2 heterocycles. The number of hydrogen-bond donors (Lipinski definition) is 1. The van der Waals surface area contributed by atoms with E-state index in [1.54, 1.807) is 34.9 Å². The molecule has 0 fully saturated rings. The highest BCUT2D eigenvalue weighted by atomic mass is 19.1. The second-order valence-corrected chi connectivity index (χ2v) is 4.05. The summed E-state index contributed by atoms with van der Waals surface area (Å²) in [5.41, 5.74) is 7.01. The lowest BCUT2D eigenvalue weighted by molar-refractivity contribution is 0.293. The number of hydrogen-bond acceptors (Lipinski definition) is 4. The fourth-order valence-electron chi connectivity index (χ4n) is 1.76. The summed E-state index contributed by atoms with van der Waals surface area (Å²) in [5.74, 6) is 0.708. The molecule has 3 rings (SSSR count). The Hall–Kier alpha value is -2.63. The summed E-state index contributed by atoms with van der Waals surface area (Å²) in [6, 6.07) is 9.47. The molecule has 0 bridgehead atoms. The SMILES string of the molecule is Nc1ccc2nnc(COc3cccc(F)c3)n2c1. The van der Waals surface area contributed by atoms with Crippen molar-refractivity contribution >= 4 is 11.3 Å². The average molecular weight is 258 g/mol. The number of nitrogens with two attached hydrogens (primary N) is 1. The molecule has 0 atom stereocenters. The Morgan fingerprint density at radius 2 is 2.11 bits per heavy atom. The van der Waals surface area contributed by atoms with Crippen molar-refractivity contribution in [1.29, 1.82) is 0 Å². The van der Waals surface area contributed by atoms with Crippen LogP contribution in [0.25, 0.3) is 5.65 Å². The molecule has 0 unspecified atom stereocenters. The van der Waals surface area contributed by atoms with E-state index in [9.17, 15) is 4.39 Å². The highest BCUT2D eigenvalue weighted by Gasteiger charge is 2.06. The highest BCUT2D eigenvalue weighted by molar-refractivity contribution is 5.47. The van der Waals surface area contributed by atoms with E-state index in [0.29, 0.717) is 22.9 Å². The van der Waals surface area contributed by atoms with Gasteiger partial charge in [0.15, 0.2) is 11.5 Å². The largest absolute Gasteiger partial charge is 0.485 e. The minimum Gasteiger partial charge on any atom is -0.485 e. The number of aromatic nitrogens is 3. The lowest BCUT2D eigenvalue weighted by atomic mass is 10.3. The van der Waals surface area contributed by atoms with E-state index >= 15 is 0 Å². The van der Waals surface area contributed by atoms with E-state index in [2.05, 4.69) is 10.2 Å². The normalized spacial score (nSPS) is 10.8. The Balaban J connectivity index is 1.84. The summed E-state index contributed by atoms with van der Waals surface area (Å²) in [6.45, 7) is 0.189. The van der Waals surface area contributed by atoms with Crippen LogP contribution in [-0.2, 0) is 6.61 Å². The van der Waals surface area contributed by atoms with E-state index < -0.39 is 0 Å². The molecule has 0 saturated heterocycles. The Morgan fingerprint density at radius 1 is 1.21 bits per heavy atom. The number of rotatable bonds is 3. The standard InChI is InChI=1S/C13H11FN4O/c14-9-2-1-3-11(6-9)19-8-13-17-16-12-5-4-10(15)7-18(12)13/h1-7H,8,15H2. The van der Waals surface area contributed by atoms with Crippen molar-refractivity contribution in [2.45, 2.75) is 6.61 Å². The van der Waals surface area contributed by atoms with Crippen molar-refractivity contribution in [3.05, 3.63) is 54.2 Å². The third kappa shape index (κ3) is 2.33. The van der Waals surface area contributed by atoms with Crippen LogP contribution in [0.5, 0.6) is 5.75 Å². The van der Waals surface area contributed by atoms with Crippen molar-refractivity contribution in [3.63, 3.8) is 0 Å². The first-order chi connectivity index (χ1) is 9.22. The van der Waals surface area contributed by atoms with Crippen LogP contribution in [0.15, 0.2) is 42.6 Å². The zero-order valence-corrected chi connectivity index (χ0v) is 9.95. The summed E-state index contributed by atoms with van der Waals surface area (Å²) in [7, 11) is 0. The van der Waals surface area contributed by atoms with E-state index in [1.165, 1.54) is 12.1 Å². The molecular formula is C13H11FN4O. The molecule has 3 aromatic rings. The quantitative estimate of drug-likeness (QED) is 0.780. The van der Waals surface area contributed by atoms with Gasteiger partial charge in [0.1, 0.15) is 18.2 Å². The molecule has 6 heteroatoms. The molecular weight excluding hydrogens is 247 g/mol. The van der Waals surface area contributed by atoms with Crippen molar-refractivity contribution in [1.82, 2.24) is 14.6 Å². The van der Waals surface area contributed by atoms with Crippen molar-refractivity contribution in [3.8, 4) is 5.75 Å². The van der Waals surface area contributed by atoms with Gasteiger partial charge in [-0.05, 0) is 24.3 Å². The first-order valence-electron chi connectivity index (χ1n) is 5.70. The number of halogens is 1. The number of nitrogen functional groups attached to an aromatic ring is 1. The summed E-state index contributed by atoms with van der Waals surface area (Å²) < 4.78 is 20.2. The smallest absolute Gasteiger partial charge is 0.175 e. The molecule has 0 radical (unpaired) electrons. The van der Waals surface area contributed by atoms with Crippen LogP contribution >= 0.6 is 0 Å². The van der Waals surface area contributed by atoms with Crippen molar-refractivity contribution < 1.29 is 9.13 Å². The van der Waals surface area contributed by atoms with Crippen LogP contribution in [0.4, 0.5) is 10.1 Å². The first-order valence-corrected chi connectivity index (χ1v) is 5.70. The Bertz CT molecular complexity index is 725. The molecule has 0 spiro atoms.